The van der Waals surface area contributed by atoms with Crippen molar-refractivity contribution in [1.82, 2.24) is 19.6 Å². The number of amides is 1. The molecule has 0 saturated heterocycles. The number of carbonyl (C=O) groups excluding carboxylic acids is 1. The van der Waals surface area contributed by atoms with E-state index in [0.29, 0.717) is 11.4 Å². The van der Waals surface area contributed by atoms with Gasteiger partial charge in [-0.3, -0.25) is 4.79 Å². The molecule has 1 N–H and O–H groups in total. The highest BCUT2D eigenvalue weighted by Gasteiger charge is 2.18. The van der Waals surface area contributed by atoms with Gasteiger partial charge in [-0.05, 0) is 36.4 Å². The van der Waals surface area contributed by atoms with Crippen LogP contribution in [-0.2, 0) is 0 Å². The summed E-state index contributed by atoms with van der Waals surface area (Å²) >= 11 is 0. The van der Waals surface area contributed by atoms with E-state index in [1.807, 2.05) is 0 Å². The maximum atomic E-state index is 12.7. The molecule has 1 aromatic carbocycles. The number of pyridine rings is 2. The zero-order valence-electron chi connectivity index (χ0n) is 14.3. The standard InChI is InChI=1S/C19H13F2N5O2/c20-19(21)28-14-8-2-1-6-12(14)16-24-17-13(7-5-11-26(17)25-16)18(27)23-15-9-3-4-10-22-15/h1-11,19H,(H,22,23,27). The molecule has 9 heteroatoms. The number of hydrogen-bond acceptors (Lipinski definition) is 5. The molecule has 4 rings (SSSR count). The number of anilines is 1. The first-order chi connectivity index (χ1) is 13.6. The van der Waals surface area contributed by atoms with Crippen LogP contribution in [0.15, 0.2) is 67.0 Å². The van der Waals surface area contributed by atoms with Crippen LogP contribution >= 0.6 is 0 Å². The van der Waals surface area contributed by atoms with Crippen LogP contribution in [0.2, 0.25) is 0 Å². The van der Waals surface area contributed by atoms with Gasteiger partial charge in [-0.1, -0.05) is 18.2 Å². The van der Waals surface area contributed by atoms with Gasteiger partial charge in [0, 0.05) is 12.4 Å². The maximum Gasteiger partial charge on any atom is 0.387 e. The topological polar surface area (TPSA) is 81.4 Å². The number of carbonyl (C=O) groups is 1. The van der Waals surface area contributed by atoms with Crippen molar-refractivity contribution in [3.8, 4) is 17.1 Å². The number of hydrogen-bond donors (Lipinski definition) is 1. The molecule has 3 heterocycles. The van der Waals surface area contributed by atoms with Gasteiger partial charge in [0.15, 0.2) is 11.5 Å². The van der Waals surface area contributed by atoms with Crippen LogP contribution in [0.25, 0.3) is 17.0 Å². The van der Waals surface area contributed by atoms with Gasteiger partial charge in [-0.2, -0.15) is 8.78 Å². The molecule has 1 amide bonds. The molecular formula is C19H13F2N5O2. The summed E-state index contributed by atoms with van der Waals surface area (Å²) in [6.45, 7) is -2.97. The fourth-order valence-electron chi connectivity index (χ4n) is 2.67. The summed E-state index contributed by atoms with van der Waals surface area (Å²) in [5.74, 6) is 0.0903. The van der Waals surface area contributed by atoms with E-state index in [9.17, 15) is 13.6 Å². The lowest BCUT2D eigenvalue weighted by atomic mass is 10.2. The van der Waals surface area contributed by atoms with E-state index in [4.69, 9.17) is 0 Å². The number of fused-ring (bicyclic) bond motifs is 1. The normalized spacial score (nSPS) is 11.0. The van der Waals surface area contributed by atoms with Crippen LogP contribution in [0.5, 0.6) is 5.75 Å². The number of rotatable bonds is 5. The van der Waals surface area contributed by atoms with E-state index < -0.39 is 12.5 Å². The highest BCUT2D eigenvalue weighted by molar-refractivity contribution is 6.07. The van der Waals surface area contributed by atoms with E-state index in [2.05, 4.69) is 25.1 Å². The van der Waals surface area contributed by atoms with Crippen molar-refractivity contribution < 1.29 is 18.3 Å². The van der Waals surface area contributed by atoms with Crippen LogP contribution in [0.4, 0.5) is 14.6 Å². The number of ether oxygens (including phenoxy) is 1. The Morgan fingerprint density at radius 3 is 2.68 bits per heavy atom. The predicted octanol–water partition coefficient (Wildman–Crippen LogP) is 3.65. The van der Waals surface area contributed by atoms with Gasteiger partial charge in [-0.15, -0.1) is 5.10 Å². The molecule has 0 aliphatic heterocycles. The highest BCUT2D eigenvalue weighted by atomic mass is 19.3. The molecule has 28 heavy (non-hydrogen) atoms. The largest absolute Gasteiger partial charge is 0.434 e. The van der Waals surface area contributed by atoms with Crippen molar-refractivity contribution in [3.63, 3.8) is 0 Å². The Balaban J connectivity index is 1.73. The summed E-state index contributed by atoms with van der Waals surface area (Å²) in [6, 6.07) is 14.6. The molecule has 0 fully saturated rings. The highest BCUT2D eigenvalue weighted by Crippen LogP contribution is 2.29. The number of nitrogens with zero attached hydrogens (tertiary/aromatic N) is 4. The molecule has 7 nitrogen and oxygen atoms in total. The Morgan fingerprint density at radius 2 is 1.89 bits per heavy atom. The molecule has 0 unspecified atom stereocenters. The third kappa shape index (κ3) is 3.50. The fraction of sp³-hybridized carbons (Fsp3) is 0.0526. The number of benzene rings is 1. The molecule has 140 valence electrons. The molecule has 0 bridgehead atoms. The van der Waals surface area contributed by atoms with Crippen LogP contribution in [0.3, 0.4) is 0 Å². The minimum Gasteiger partial charge on any atom is -0.434 e. The minimum absolute atomic E-state index is 0.0482. The van der Waals surface area contributed by atoms with Gasteiger partial charge >= 0.3 is 6.61 Å². The first-order valence-electron chi connectivity index (χ1n) is 8.24. The van der Waals surface area contributed by atoms with Gasteiger partial charge in [0.25, 0.3) is 5.91 Å². The Hall–Kier alpha value is -3.88. The molecule has 4 aromatic rings. The minimum atomic E-state index is -2.97. The smallest absolute Gasteiger partial charge is 0.387 e. The third-order valence-electron chi connectivity index (χ3n) is 3.86. The summed E-state index contributed by atoms with van der Waals surface area (Å²) in [5, 5.41) is 6.97. The second kappa shape index (κ2) is 7.39. The maximum absolute atomic E-state index is 12.7. The Labute approximate surface area is 157 Å². The van der Waals surface area contributed by atoms with Gasteiger partial charge in [-0.25, -0.2) is 14.5 Å². The second-order valence-corrected chi connectivity index (χ2v) is 5.67. The lowest BCUT2D eigenvalue weighted by Gasteiger charge is -2.07. The third-order valence-corrected chi connectivity index (χ3v) is 3.86. The van der Waals surface area contributed by atoms with E-state index in [-0.39, 0.29) is 22.8 Å². The van der Waals surface area contributed by atoms with Crippen molar-refractivity contribution in [2.45, 2.75) is 6.61 Å². The zero-order valence-corrected chi connectivity index (χ0v) is 14.3. The lowest BCUT2D eigenvalue weighted by Crippen LogP contribution is -2.14. The number of aromatic nitrogens is 4. The SMILES string of the molecule is O=C(Nc1ccccn1)c1cccn2nc(-c3ccccc3OC(F)F)nc12. The van der Waals surface area contributed by atoms with Crippen molar-refractivity contribution in [3.05, 3.63) is 72.6 Å². The van der Waals surface area contributed by atoms with E-state index in [1.165, 1.54) is 10.6 Å². The van der Waals surface area contributed by atoms with Crippen LogP contribution < -0.4 is 10.1 Å². The van der Waals surface area contributed by atoms with Crippen molar-refractivity contribution in [2.75, 3.05) is 5.32 Å². The molecule has 0 radical (unpaired) electrons. The van der Waals surface area contributed by atoms with Crippen molar-refractivity contribution >= 4 is 17.4 Å². The fourth-order valence-corrected chi connectivity index (χ4v) is 2.67. The first kappa shape index (κ1) is 17.5. The van der Waals surface area contributed by atoms with Crippen molar-refractivity contribution in [2.24, 2.45) is 0 Å². The zero-order chi connectivity index (χ0) is 19.5. The van der Waals surface area contributed by atoms with Gasteiger partial charge in [0.05, 0.1) is 11.1 Å². The van der Waals surface area contributed by atoms with Crippen molar-refractivity contribution in [1.29, 1.82) is 0 Å². The summed E-state index contributed by atoms with van der Waals surface area (Å²) < 4.78 is 31.3. The second-order valence-electron chi connectivity index (χ2n) is 5.67. The molecule has 0 atom stereocenters. The van der Waals surface area contributed by atoms with E-state index in [0.717, 1.165) is 0 Å². The van der Waals surface area contributed by atoms with Crippen LogP contribution in [-0.4, -0.2) is 32.1 Å². The van der Waals surface area contributed by atoms with Crippen LogP contribution in [0.1, 0.15) is 10.4 Å². The van der Waals surface area contributed by atoms with E-state index in [1.54, 1.807) is 60.9 Å². The Morgan fingerprint density at radius 1 is 1.07 bits per heavy atom. The first-order valence-corrected chi connectivity index (χ1v) is 8.24. The quantitative estimate of drug-likeness (QED) is 0.571. The number of halogens is 2. The monoisotopic (exact) mass is 381 g/mol. The molecule has 0 aliphatic rings. The summed E-state index contributed by atoms with van der Waals surface area (Å²) in [4.78, 5) is 21.0. The predicted molar refractivity (Wildman–Crippen MR) is 97.2 cm³/mol. The molecular weight excluding hydrogens is 368 g/mol. The van der Waals surface area contributed by atoms with Gasteiger partial charge < -0.3 is 10.1 Å². The van der Waals surface area contributed by atoms with Gasteiger partial charge in [0.2, 0.25) is 0 Å². The van der Waals surface area contributed by atoms with Crippen LogP contribution in [0, 0.1) is 0 Å². The molecule has 3 aromatic heterocycles. The molecule has 0 saturated carbocycles. The summed E-state index contributed by atoms with van der Waals surface area (Å²) in [6.07, 6.45) is 3.17. The lowest BCUT2D eigenvalue weighted by molar-refractivity contribution is -0.0494. The molecule has 0 spiro atoms. The number of alkyl halides is 2. The summed E-state index contributed by atoms with van der Waals surface area (Å²) in [5.41, 5.74) is 0.833. The summed E-state index contributed by atoms with van der Waals surface area (Å²) in [7, 11) is 0. The van der Waals surface area contributed by atoms with Gasteiger partial charge in [0.1, 0.15) is 11.6 Å². The Bertz CT molecular complexity index is 1130. The average molecular weight is 381 g/mol. The average Bonchev–Trinajstić information content (AvgIpc) is 3.12. The number of nitrogens with one attached hydrogen (secondary N) is 1. The molecule has 0 aliphatic carbocycles. The van der Waals surface area contributed by atoms with E-state index >= 15 is 0 Å². The Kier molecular flexibility index (Phi) is 4.63. The number of para-hydroxylation sites is 1.